The molecule has 0 aliphatic heterocycles. The number of anilines is 1. The first-order chi connectivity index (χ1) is 15.2. The molecule has 2 aromatic heterocycles. The summed E-state index contributed by atoms with van der Waals surface area (Å²) in [6.45, 7) is 1.86. The summed E-state index contributed by atoms with van der Waals surface area (Å²) in [5.41, 5.74) is 1.35. The van der Waals surface area contributed by atoms with Gasteiger partial charge in [0.2, 0.25) is 15.7 Å². The Morgan fingerprint density at radius 2 is 1.97 bits per heavy atom. The van der Waals surface area contributed by atoms with E-state index >= 15 is 0 Å². The summed E-state index contributed by atoms with van der Waals surface area (Å²) < 4.78 is 45.4. The van der Waals surface area contributed by atoms with Crippen LogP contribution in [0.15, 0.2) is 34.7 Å². The fourth-order valence-corrected chi connectivity index (χ4v) is 4.37. The number of unbranched alkanes of at least 4 members (excludes halogenated alkanes) is 2. The number of pyridine rings is 1. The van der Waals surface area contributed by atoms with Crippen molar-refractivity contribution >= 4 is 32.8 Å². The molecule has 2 heterocycles. The van der Waals surface area contributed by atoms with Gasteiger partial charge in [0.1, 0.15) is 17.4 Å². The Balaban J connectivity index is 2.17. The normalized spacial score (nSPS) is 11.3. The number of nitriles is 1. The molecule has 0 atom stereocenters. The van der Waals surface area contributed by atoms with Crippen molar-refractivity contribution in [1.29, 1.82) is 5.26 Å². The largest absolute Gasteiger partial charge is 0.437 e. The van der Waals surface area contributed by atoms with Crippen LogP contribution in [0.1, 0.15) is 35.2 Å². The van der Waals surface area contributed by atoms with Crippen LogP contribution < -0.4 is 9.62 Å². The van der Waals surface area contributed by atoms with Crippen LogP contribution in [0.25, 0.3) is 22.4 Å². The van der Waals surface area contributed by atoms with Crippen LogP contribution in [-0.4, -0.2) is 39.2 Å². The lowest BCUT2D eigenvalue weighted by molar-refractivity contribution is 0.0964. The second-order valence-electron chi connectivity index (χ2n) is 7.32. The minimum Gasteiger partial charge on any atom is -0.437 e. The Kier molecular flexibility index (Phi) is 6.79. The van der Waals surface area contributed by atoms with Crippen LogP contribution >= 0.6 is 0 Å². The molecule has 1 amide bonds. The van der Waals surface area contributed by atoms with E-state index in [0.717, 1.165) is 6.26 Å². The summed E-state index contributed by atoms with van der Waals surface area (Å²) >= 11 is 0. The van der Waals surface area contributed by atoms with E-state index < -0.39 is 21.7 Å². The van der Waals surface area contributed by atoms with E-state index in [-0.39, 0.29) is 29.4 Å². The molecule has 0 saturated heterocycles. The molecule has 0 aliphatic carbocycles. The van der Waals surface area contributed by atoms with E-state index in [1.165, 1.54) is 35.6 Å². The summed E-state index contributed by atoms with van der Waals surface area (Å²) in [4.78, 5) is 17.1. The van der Waals surface area contributed by atoms with Crippen molar-refractivity contribution in [2.45, 2.75) is 26.2 Å². The Bertz CT molecular complexity index is 1290. The fourth-order valence-electron chi connectivity index (χ4n) is 3.41. The maximum absolute atomic E-state index is 13.4. The number of hydrogen-bond donors (Lipinski definition) is 1. The van der Waals surface area contributed by atoms with Gasteiger partial charge in [0, 0.05) is 25.6 Å². The molecule has 1 N–H and O–H groups in total. The third-order valence-electron chi connectivity index (χ3n) is 4.94. The van der Waals surface area contributed by atoms with E-state index in [1.54, 1.807) is 13.0 Å². The number of furan rings is 1. The molecule has 3 aromatic rings. The highest BCUT2D eigenvalue weighted by atomic mass is 32.2. The number of sulfonamides is 1. The van der Waals surface area contributed by atoms with Gasteiger partial charge in [-0.15, -0.1) is 0 Å². The molecule has 0 aliphatic rings. The molecule has 0 saturated carbocycles. The third kappa shape index (κ3) is 4.73. The molecule has 32 heavy (non-hydrogen) atoms. The van der Waals surface area contributed by atoms with Gasteiger partial charge in [-0.25, -0.2) is 12.8 Å². The maximum atomic E-state index is 13.4. The van der Waals surface area contributed by atoms with Crippen molar-refractivity contribution in [3.8, 4) is 17.4 Å². The van der Waals surface area contributed by atoms with Crippen LogP contribution in [-0.2, 0) is 10.0 Å². The lowest BCUT2D eigenvalue weighted by atomic mass is 10.0. The van der Waals surface area contributed by atoms with Gasteiger partial charge in [0.15, 0.2) is 0 Å². The van der Waals surface area contributed by atoms with E-state index in [4.69, 9.17) is 9.68 Å². The van der Waals surface area contributed by atoms with E-state index in [0.29, 0.717) is 35.8 Å². The number of hydrogen-bond acceptors (Lipinski definition) is 6. The van der Waals surface area contributed by atoms with E-state index in [1.807, 2.05) is 6.07 Å². The standard InChI is InChI=1S/C22H23FN4O4S/c1-14-13-17-18(21(28)25-2)19(15-7-9-16(23)10-8-15)31-22(17)26-20(14)27(32(3,29)30)12-6-4-5-11-24/h7-10,13H,4-6,12H2,1-3H3,(H,25,28). The van der Waals surface area contributed by atoms with Gasteiger partial charge in [0.25, 0.3) is 5.91 Å². The van der Waals surface area contributed by atoms with Crippen molar-refractivity contribution < 1.29 is 22.0 Å². The molecule has 0 radical (unpaired) electrons. The lowest BCUT2D eigenvalue weighted by Crippen LogP contribution is -2.32. The minimum atomic E-state index is -3.65. The van der Waals surface area contributed by atoms with Crippen LogP contribution in [0.5, 0.6) is 0 Å². The summed E-state index contributed by atoms with van der Waals surface area (Å²) in [6, 6.07) is 9.19. The molecule has 0 spiro atoms. The molecule has 3 rings (SSSR count). The predicted molar refractivity (Wildman–Crippen MR) is 119 cm³/mol. The van der Waals surface area contributed by atoms with Crippen LogP contribution in [0, 0.1) is 24.1 Å². The predicted octanol–water partition coefficient (Wildman–Crippen LogP) is 3.76. The summed E-state index contributed by atoms with van der Waals surface area (Å²) in [7, 11) is -2.17. The van der Waals surface area contributed by atoms with Crippen molar-refractivity contribution in [2.24, 2.45) is 0 Å². The zero-order valence-electron chi connectivity index (χ0n) is 18.0. The number of aromatic nitrogens is 1. The molecular weight excluding hydrogens is 435 g/mol. The number of fused-ring (bicyclic) bond motifs is 1. The quantitative estimate of drug-likeness (QED) is 0.514. The fraction of sp³-hybridized carbons (Fsp3) is 0.318. The summed E-state index contributed by atoms with van der Waals surface area (Å²) in [5, 5.41) is 11.7. The smallest absolute Gasteiger partial charge is 0.255 e. The Morgan fingerprint density at radius 1 is 1.28 bits per heavy atom. The number of rotatable bonds is 8. The van der Waals surface area contributed by atoms with Crippen molar-refractivity contribution in [2.75, 3.05) is 24.2 Å². The number of amides is 1. The SMILES string of the molecule is CNC(=O)c1c(-c2ccc(F)cc2)oc2nc(N(CCCCC#N)S(C)(=O)=O)c(C)cc12. The molecule has 10 heteroatoms. The average Bonchev–Trinajstić information content (AvgIpc) is 3.10. The van der Waals surface area contributed by atoms with Crippen LogP contribution in [0.2, 0.25) is 0 Å². The summed E-state index contributed by atoms with van der Waals surface area (Å²) in [5.74, 6) is -0.431. The molecule has 168 valence electrons. The van der Waals surface area contributed by atoms with E-state index in [2.05, 4.69) is 10.3 Å². The Labute approximate surface area is 185 Å². The first-order valence-corrected chi connectivity index (χ1v) is 11.8. The molecule has 0 bridgehead atoms. The highest BCUT2D eigenvalue weighted by Crippen LogP contribution is 2.36. The number of carbonyl (C=O) groups is 1. The monoisotopic (exact) mass is 458 g/mol. The zero-order valence-corrected chi connectivity index (χ0v) is 18.8. The second kappa shape index (κ2) is 9.36. The highest BCUT2D eigenvalue weighted by Gasteiger charge is 2.26. The molecular formula is C22H23FN4O4S. The highest BCUT2D eigenvalue weighted by molar-refractivity contribution is 7.92. The van der Waals surface area contributed by atoms with Gasteiger partial charge in [0.05, 0.1) is 23.3 Å². The number of nitrogens with one attached hydrogen (secondary N) is 1. The third-order valence-corrected chi connectivity index (χ3v) is 6.10. The molecule has 0 fully saturated rings. The number of carbonyl (C=O) groups excluding carboxylic acids is 1. The number of nitrogens with zero attached hydrogens (tertiary/aromatic N) is 3. The van der Waals surface area contributed by atoms with E-state index in [9.17, 15) is 17.6 Å². The Hall–Kier alpha value is -3.45. The van der Waals surface area contributed by atoms with Gasteiger partial charge in [-0.2, -0.15) is 10.2 Å². The summed E-state index contributed by atoms with van der Waals surface area (Å²) in [6.07, 6.45) is 2.46. The average molecular weight is 459 g/mol. The number of benzene rings is 1. The van der Waals surface area contributed by atoms with Crippen molar-refractivity contribution in [3.05, 3.63) is 47.3 Å². The van der Waals surface area contributed by atoms with Gasteiger partial charge < -0.3 is 9.73 Å². The molecule has 8 nitrogen and oxygen atoms in total. The van der Waals surface area contributed by atoms with Gasteiger partial charge >= 0.3 is 0 Å². The van der Waals surface area contributed by atoms with Crippen LogP contribution in [0.4, 0.5) is 10.2 Å². The maximum Gasteiger partial charge on any atom is 0.255 e. The van der Waals surface area contributed by atoms with Crippen molar-refractivity contribution in [3.63, 3.8) is 0 Å². The number of aryl methyl sites for hydroxylation is 1. The molecule has 1 aromatic carbocycles. The topological polar surface area (TPSA) is 116 Å². The van der Waals surface area contributed by atoms with Gasteiger partial charge in [-0.1, -0.05) is 0 Å². The van der Waals surface area contributed by atoms with Gasteiger partial charge in [-0.05, 0) is 55.7 Å². The first-order valence-electron chi connectivity index (χ1n) is 9.94. The van der Waals surface area contributed by atoms with Crippen LogP contribution in [0.3, 0.4) is 0 Å². The first kappa shape index (κ1) is 23.2. The van der Waals surface area contributed by atoms with Gasteiger partial charge in [-0.3, -0.25) is 9.10 Å². The Morgan fingerprint density at radius 3 is 2.56 bits per heavy atom. The minimum absolute atomic E-state index is 0.0919. The second-order valence-corrected chi connectivity index (χ2v) is 9.23. The number of halogens is 1. The van der Waals surface area contributed by atoms with Crippen molar-refractivity contribution in [1.82, 2.24) is 10.3 Å². The lowest BCUT2D eigenvalue weighted by Gasteiger charge is -2.22. The zero-order chi connectivity index (χ0) is 23.5. The molecule has 0 unspecified atom stereocenters.